The normalized spacial score (nSPS) is 17.3. The highest BCUT2D eigenvalue weighted by Crippen LogP contribution is 2.24. The van der Waals surface area contributed by atoms with Gasteiger partial charge in [-0.3, -0.25) is 4.98 Å². The van der Waals surface area contributed by atoms with Gasteiger partial charge in [-0.15, -0.1) is 0 Å². The van der Waals surface area contributed by atoms with Crippen molar-refractivity contribution < 1.29 is 19.3 Å². The van der Waals surface area contributed by atoms with Gasteiger partial charge in [-0.25, -0.2) is 4.39 Å². The first-order valence-electron chi connectivity index (χ1n) is 8.51. The van der Waals surface area contributed by atoms with Gasteiger partial charge in [0, 0.05) is 0 Å². The average Bonchev–Trinajstić information content (AvgIpc) is 2.63. The summed E-state index contributed by atoms with van der Waals surface area (Å²) < 4.78 is 18.9. The van der Waals surface area contributed by atoms with E-state index in [4.69, 9.17) is 4.74 Å². The van der Waals surface area contributed by atoms with Crippen molar-refractivity contribution in [3.05, 3.63) is 59.7 Å². The fourth-order valence-corrected chi connectivity index (χ4v) is 3.01. The van der Waals surface area contributed by atoms with E-state index in [-0.39, 0.29) is 6.10 Å². The van der Waals surface area contributed by atoms with Gasteiger partial charge in [-0.1, -0.05) is 12.1 Å². The van der Waals surface area contributed by atoms with Gasteiger partial charge >= 0.3 is 7.05 Å². The molecular formula is C18H22BFN2O3. The lowest BCUT2D eigenvalue weighted by Crippen LogP contribution is -2.45. The Kier molecular flexibility index (Phi) is 5.68. The van der Waals surface area contributed by atoms with E-state index in [9.17, 15) is 14.5 Å². The van der Waals surface area contributed by atoms with Crippen molar-refractivity contribution in [1.29, 1.82) is 0 Å². The molecule has 0 radical (unpaired) electrons. The molecule has 0 aliphatic carbocycles. The smallest absolute Gasteiger partial charge is 0.376 e. The molecule has 0 spiro atoms. The molecule has 5 nitrogen and oxygen atoms in total. The van der Waals surface area contributed by atoms with Gasteiger partial charge in [0.2, 0.25) is 0 Å². The molecule has 3 rings (SSSR count). The highest BCUT2D eigenvalue weighted by Gasteiger charge is 2.25. The van der Waals surface area contributed by atoms with Crippen LogP contribution in [0.1, 0.15) is 30.2 Å². The van der Waals surface area contributed by atoms with Crippen LogP contribution in [-0.2, 0) is 0 Å². The summed E-state index contributed by atoms with van der Waals surface area (Å²) >= 11 is 0. The van der Waals surface area contributed by atoms with Gasteiger partial charge in [-0.2, -0.15) is 0 Å². The predicted octanol–water partition coefficient (Wildman–Crippen LogP) is 2.26. The Balaban J connectivity index is 1.58. The van der Waals surface area contributed by atoms with Crippen LogP contribution in [0.4, 0.5) is 4.39 Å². The van der Waals surface area contributed by atoms with E-state index in [0.29, 0.717) is 11.3 Å². The molecule has 1 aliphatic heterocycles. The van der Waals surface area contributed by atoms with Crippen LogP contribution in [0.2, 0.25) is 6.82 Å². The third-order valence-electron chi connectivity index (χ3n) is 4.53. The number of halogens is 1. The number of aliphatic hydroxyl groups excluding tert-OH is 1. The second kappa shape index (κ2) is 7.95. The third-order valence-corrected chi connectivity index (χ3v) is 4.53. The maximum Gasteiger partial charge on any atom is 0.376 e. The minimum atomic E-state index is -0.899. The molecule has 2 aromatic rings. The van der Waals surface area contributed by atoms with Crippen LogP contribution in [0.25, 0.3) is 0 Å². The number of aromatic nitrogens is 1. The Morgan fingerprint density at radius 2 is 1.88 bits per heavy atom. The van der Waals surface area contributed by atoms with Gasteiger partial charge in [0.25, 0.3) is 0 Å². The van der Waals surface area contributed by atoms with Gasteiger partial charge in [0.1, 0.15) is 23.8 Å². The Morgan fingerprint density at radius 1 is 1.20 bits per heavy atom. The first-order valence-corrected chi connectivity index (χ1v) is 8.51. The summed E-state index contributed by atoms with van der Waals surface area (Å²) in [5, 5.41) is 19.9. The predicted molar refractivity (Wildman–Crippen MR) is 93.8 cm³/mol. The lowest BCUT2D eigenvalue weighted by Gasteiger charge is -2.32. The van der Waals surface area contributed by atoms with Crippen LogP contribution in [0.5, 0.6) is 5.75 Å². The van der Waals surface area contributed by atoms with Gasteiger partial charge in [0.05, 0.1) is 11.9 Å². The number of pyridine rings is 1. The molecule has 1 fully saturated rings. The summed E-state index contributed by atoms with van der Waals surface area (Å²) in [6.07, 6.45) is 2.06. The van der Waals surface area contributed by atoms with Crippen LogP contribution in [0.15, 0.2) is 42.6 Å². The maximum absolute atomic E-state index is 12.9. The van der Waals surface area contributed by atoms with Crippen molar-refractivity contribution in [2.75, 3.05) is 13.1 Å². The van der Waals surface area contributed by atoms with E-state index in [2.05, 4.69) is 4.98 Å². The average molecular weight is 344 g/mol. The molecule has 1 saturated heterocycles. The highest BCUT2D eigenvalue weighted by molar-refractivity contribution is 6.45. The van der Waals surface area contributed by atoms with Crippen LogP contribution in [0.3, 0.4) is 0 Å². The summed E-state index contributed by atoms with van der Waals surface area (Å²) in [6, 6.07) is 9.97. The molecule has 1 aromatic carbocycles. The summed E-state index contributed by atoms with van der Waals surface area (Å²) in [7, 11) is -0.415. The molecule has 2 heterocycles. The molecule has 0 saturated carbocycles. The number of rotatable bonds is 5. The molecule has 0 amide bonds. The number of benzene rings is 1. The number of hydrogen-bond donors (Lipinski definition) is 2. The van der Waals surface area contributed by atoms with E-state index < -0.39 is 19.0 Å². The quantitative estimate of drug-likeness (QED) is 0.815. The number of nitrogens with zero attached hydrogens (tertiary/aromatic N) is 2. The summed E-state index contributed by atoms with van der Waals surface area (Å²) in [6.45, 7) is 3.41. The second-order valence-corrected chi connectivity index (χ2v) is 6.36. The van der Waals surface area contributed by atoms with Crippen molar-refractivity contribution in [3.8, 4) is 5.75 Å². The summed E-state index contributed by atoms with van der Waals surface area (Å²) in [5.74, 6) is 0.319. The molecular weight excluding hydrogens is 322 g/mol. The van der Waals surface area contributed by atoms with Crippen molar-refractivity contribution >= 4 is 7.05 Å². The zero-order chi connectivity index (χ0) is 17.8. The fourth-order valence-electron chi connectivity index (χ4n) is 3.01. The fraction of sp³-hybridized carbons (Fsp3) is 0.389. The Bertz CT molecular complexity index is 674. The van der Waals surface area contributed by atoms with E-state index in [1.54, 1.807) is 19.0 Å². The number of ether oxygens (including phenoxy) is 1. The maximum atomic E-state index is 12.9. The van der Waals surface area contributed by atoms with Crippen LogP contribution >= 0.6 is 0 Å². The number of piperidine rings is 1. The molecule has 25 heavy (non-hydrogen) atoms. The van der Waals surface area contributed by atoms with Crippen molar-refractivity contribution in [1.82, 2.24) is 9.79 Å². The molecule has 1 atom stereocenters. The number of aliphatic hydroxyl groups is 1. The van der Waals surface area contributed by atoms with Gasteiger partial charge < -0.3 is 19.7 Å². The molecule has 132 valence electrons. The third kappa shape index (κ3) is 4.57. The first-order chi connectivity index (χ1) is 12.0. The van der Waals surface area contributed by atoms with E-state index in [0.717, 1.165) is 37.9 Å². The minimum Gasteiger partial charge on any atom is -0.490 e. The Hall–Kier alpha value is -1.96. The second-order valence-electron chi connectivity index (χ2n) is 6.36. The van der Waals surface area contributed by atoms with Crippen LogP contribution in [0, 0.1) is 5.82 Å². The summed E-state index contributed by atoms with van der Waals surface area (Å²) in [5.41, 5.74) is 1.08. The standard InChI is InChI=1S/C18H22BFN2O3/c1-19(24)22-10-8-16(9-11-22)25-15-5-2-13(3-6-15)18(23)17-7-4-14(20)12-21-17/h2-7,12,16,18,23-24H,8-11H2,1H3. The van der Waals surface area contributed by atoms with E-state index in [1.165, 1.54) is 12.1 Å². The minimum absolute atomic E-state index is 0.129. The number of hydrogen-bond acceptors (Lipinski definition) is 5. The topological polar surface area (TPSA) is 65.8 Å². The SMILES string of the molecule is CB(O)N1CCC(Oc2ccc(C(O)c3ccc(F)cn3)cc2)CC1. The van der Waals surface area contributed by atoms with E-state index >= 15 is 0 Å². The monoisotopic (exact) mass is 344 g/mol. The molecule has 7 heteroatoms. The lowest BCUT2D eigenvalue weighted by atomic mass is 9.82. The van der Waals surface area contributed by atoms with Gasteiger partial charge in [-0.05, 0) is 62.6 Å². The zero-order valence-corrected chi connectivity index (χ0v) is 14.2. The molecule has 2 N–H and O–H groups in total. The van der Waals surface area contributed by atoms with Crippen molar-refractivity contribution in [3.63, 3.8) is 0 Å². The Labute approximate surface area is 147 Å². The first kappa shape index (κ1) is 17.9. The largest absolute Gasteiger partial charge is 0.490 e. The highest BCUT2D eigenvalue weighted by atomic mass is 19.1. The molecule has 1 aliphatic rings. The van der Waals surface area contributed by atoms with Crippen molar-refractivity contribution in [2.45, 2.75) is 31.9 Å². The lowest BCUT2D eigenvalue weighted by molar-refractivity contribution is 0.128. The zero-order valence-electron chi connectivity index (χ0n) is 14.2. The summed E-state index contributed by atoms with van der Waals surface area (Å²) in [4.78, 5) is 5.93. The Morgan fingerprint density at radius 3 is 2.44 bits per heavy atom. The van der Waals surface area contributed by atoms with Crippen molar-refractivity contribution in [2.24, 2.45) is 0 Å². The van der Waals surface area contributed by atoms with E-state index in [1.807, 2.05) is 16.9 Å². The van der Waals surface area contributed by atoms with Gasteiger partial charge in [0.15, 0.2) is 0 Å². The molecule has 1 unspecified atom stereocenters. The van der Waals surface area contributed by atoms with Crippen LogP contribution in [-0.4, -0.2) is 46.2 Å². The molecule has 0 bridgehead atoms. The van der Waals surface area contributed by atoms with Crippen LogP contribution < -0.4 is 4.74 Å². The molecule has 1 aromatic heterocycles.